The molecule has 0 aromatic heterocycles. The zero-order valence-corrected chi connectivity index (χ0v) is 12.5. The van der Waals surface area contributed by atoms with Gasteiger partial charge in [-0.05, 0) is 55.5 Å². The van der Waals surface area contributed by atoms with Crippen molar-refractivity contribution in [1.82, 2.24) is 0 Å². The lowest BCUT2D eigenvalue weighted by molar-refractivity contribution is -0.113. The molecule has 5 heteroatoms. The molecular formula is C16H16FNO2S. The van der Waals surface area contributed by atoms with E-state index in [2.05, 4.69) is 5.32 Å². The molecule has 0 aliphatic carbocycles. The van der Waals surface area contributed by atoms with Gasteiger partial charge in [-0.3, -0.25) is 4.79 Å². The number of amides is 1. The third kappa shape index (κ3) is 5.11. The van der Waals surface area contributed by atoms with Crippen molar-refractivity contribution in [2.75, 3.05) is 17.7 Å². The minimum Gasteiger partial charge on any atom is -0.494 e. The molecule has 2 rings (SSSR count). The van der Waals surface area contributed by atoms with Gasteiger partial charge >= 0.3 is 0 Å². The number of anilines is 1. The van der Waals surface area contributed by atoms with Crippen molar-refractivity contribution in [1.29, 1.82) is 0 Å². The highest BCUT2D eigenvalue weighted by Gasteiger charge is 2.04. The molecule has 0 saturated carbocycles. The first-order valence-corrected chi connectivity index (χ1v) is 7.57. The number of halogens is 1. The molecule has 0 heterocycles. The summed E-state index contributed by atoms with van der Waals surface area (Å²) in [5.41, 5.74) is 0.591. The average Bonchev–Trinajstić information content (AvgIpc) is 2.49. The van der Waals surface area contributed by atoms with Crippen LogP contribution >= 0.6 is 11.8 Å². The first-order chi connectivity index (χ1) is 10.2. The molecule has 0 atom stereocenters. The van der Waals surface area contributed by atoms with Crippen LogP contribution in [0.5, 0.6) is 5.75 Å². The number of carbonyl (C=O) groups is 1. The summed E-state index contributed by atoms with van der Waals surface area (Å²) in [7, 11) is 0. The van der Waals surface area contributed by atoms with Gasteiger partial charge in [0.2, 0.25) is 5.91 Å². The second-order valence-electron chi connectivity index (χ2n) is 4.25. The normalized spacial score (nSPS) is 10.2. The van der Waals surface area contributed by atoms with Gasteiger partial charge in [0.1, 0.15) is 11.6 Å². The summed E-state index contributed by atoms with van der Waals surface area (Å²) >= 11 is 1.44. The summed E-state index contributed by atoms with van der Waals surface area (Å²) in [6.07, 6.45) is 0. The lowest BCUT2D eigenvalue weighted by Crippen LogP contribution is -2.13. The summed E-state index contributed by atoms with van der Waals surface area (Å²) < 4.78 is 18.1. The zero-order chi connectivity index (χ0) is 15.1. The van der Waals surface area contributed by atoms with E-state index in [1.807, 2.05) is 31.2 Å². The molecule has 1 N–H and O–H groups in total. The maximum Gasteiger partial charge on any atom is 0.234 e. The minimum atomic E-state index is -0.322. The third-order valence-corrected chi connectivity index (χ3v) is 3.64. The van der Waals surface area contributed by atoms with E-state index in [9.17, 15) is 9.18 Å². The van der Waals surface area contributed by atoms with Crippen molar-refractivity contribution >= 4 is 23.4 Å². The van der Waals surface area contributed by atoms with E-state index >= 15 is 0 Å². The Kier molecular flexibility index (Phi) is 5.63. The van der Waals surface area contributed by atoms with E-state index in [1.54, 1.807) is 0 Å². The molecule has 0 saturated heterocycles. The Morgan fingerprint density at radius 1 is 1.14 bits per heavy atom. The molecule has 0 fully saturated rings. The maximum absolute atomic E-state index is 12.8. The van der Waals surface area contributed by atoms with E-state index in [0.717, 1.165) is 10.6 Å². The molecule has 3 nitrogen and oxygen atoms in total. The number of carbonyl (C=O) groups excluding carboxylic acids is 1. The van der Waals surface area contributed by atoms with Gasteiger partial charge in [0.15, 0.2) is 0 Å². The standard InChI is InChI=1S/C16H16FNO2S/c1-2-20-14-7-9-15(10-8-14)21-11-16(19)18-13-5-3-12(17)4-6-13/h3-10H,2,11H2,1H3,(H,18,19). The Bertz CT molecular complexity index is 584. The highest BCUT2D eigenvalue weighted by molar-refractivity contribution is 8.00. The molecule has 1 amide bonds. The van der Waals surface area contributed by atoms with Crippen LogP contribution in [0, 0.1) is 5.82 Å². The second kappa shape index (κ2) is 7.69. The van der Waals surface area contributed by atoms with E-state index in [-0.39, 0.29) is 11.7 Å². The second-order valence-corrected chi connectivity index (χ2v) is 5.30. The van der Waals surface area contributed by atoms with Gasteiger partial charge in [-0.1, -0.05) is 0 Å². The largest absolute Gasteiger partial charge is 0.494 e. The van der Waals surface area contributed by atoms with Crippen molar-refractivity contribution in [3.63, 3.8) is 0 Å². The van der Waals surface area contributed by atoms with Gasteiger partial charge in [0, 0.05) is 10.6 Å². The van der Waals surface area contributed by atoms with Crippen LogP contribution in [0.3, 0.4) is 0 Å². The number of thioether (sulfide) groups is 1. The highest BCUT2D eigenvalue weighted by Crippen LogP contribution is 2.21. The Balaban J connectivity index is 1.81. The van der Waals surface area contributed by atoms with Crippen LogP contribution in [-0.4, -0.2) is 18.3 Å². The average molecular weight is 305 g/mol. The topological polar surface area (TPSA) is 38.3 Å². The molecule has 0 spiro atoms. The SMILES string of the molecule is CCOc1ccc(SCC(=O)Nc2ccc(F)cc2)cc1. The number of nitrogens with one attached hydrogen (secondary N) is 1. The van der Waals surface area contributed by atoms with Crippen LogP contribution in [0.1, 0.15) is 6.92 Å². The quantitative estimate of drug-likeness (QED) is 0.821. The van der Waals surface area contributed by atoms with Gasteiger partial charge in [-0.2, -0.15) is 0 Å². The number of benzene rings is 2. The lowest BCUT2D eigenvalue weighted by Gasteiger charge is -2.06. The first-order valence-electron chi connectivity index (χ1n) is 6.58. The van der Waals surface area contributed by atoms with Crippen LogP contribution in [0.15, 0.2) is 53.4 Å². The first kappa shape index (κ1) is 15.4. The van der Waals surface area contributed by atoms with Crippen molar-refractivity contribution in [3.05, 3.63) is 54.3 Å². The summed E-state index contributed by atoms with van der Waals surface area (Å²) in [6.45, 7) is 2.56. The van der Waals surface area contributed by atoms with Gasteiger partial charge in [0.05, 0.1) is 12.4 Å². The molecule has 2 aromatic rings. The van der Waals surface area contributed by atoms with Crippen LogP contribution in [-0.2, 0) is 4.79 Å². The molecule has 110 valence electrons. The molecule has 0 bridgehead atoms. The number of rotatable bonds is 6. The van der Waals surface area contributed by atoms with Crippen molar-refractivity contribution in [2.24, 2.45) is 0 Å². The van der Waals surface area contributed by atoms with E-state index < -0.39 is 0 Å². The monoisotopic (exact) mass is 305 g/mol. The van der Waals surface area contributed by atoms with Gasteiger partial charge < -0.3 is 10.1 Å². The minimum absolute atomic E-state index is 0.125. The zero-order valence-electron chi connectivity index (χ0n) is 11.6. The van der Waals surface area contributed by atoms with Crippen LogP contribution in [0.25, 0.3) is 0 Å². The Morgan fingerprint density at radius 2 is 1.81 bits per heavy atom. The van der Waals surface area contributed by atoms with Gasteiger partial charge in [-0.15, -0.1) is 11.8 Å². The van der Waals surface area contributed by atoms with Crippen LogP contribution in [0.2, 0.25) is 0 Å². The maximum atomic E-state index is 12.8. The van der Waals surface area contributed by atoms with Crippen LogP contribution < -0.4 is 10.1 Å². The summed E-state index contributed by atoms with van der Waals surface area (Å²) in [6, 6.07) is 13.3. The van der Waals surface area contributed by atoms with Crippen molar-refractivity contribution in [2.45, 2.75) is 11.8 Å². The predicted molar refractivity (Wildman–Crippen MR) is 83.4 cm³/mol. The van der Waals surface area contributed by atoms with Crippen LogP contribution in [0.4, 0.5) is 10.1 Å². The molecule has 0 unspecified atom stereocenters. The summed E-state index contributed by atoms with van der Waals surface area (Å²) in [5, 5.41) is 2.72. The van der Waals surface area contributed by atoms with E-state index in [4.69, 9.17) is 4.74 Å². The Morgan fingerprint density at radius 3 is 2.43 bits per heavy atom. The van der Waals surface area contributed by atoms with Gasteiger partial charge in [-0.25, -0.2) is 4.39 Å². The Labute approximate surface area is 127 Å². The molecule has 2 aromatic carbocycles. The molecular weight excluding hydrogens is 289 g/mol. The van der Waals surface area contributed by atoms with E-state index in [1.165, 1.54) is 36.0 Å². The highest BCUT2D eigenvalue weighted by atomic mass is 32.2. The number of hydrogen-bond acceptors (Lipinski definition) is 3. The fourth-order valence-electron chi connectivity index (χ4n) is 1.68. The molecule has 0 radical (unpaired) electrons. The lowest BCUT2D eigenvalue weighted by atomic mass is 10.3. The number of ether oxygens (including phenoxy) is 1. The fourth-order valence-corrected chi connectivity index (χ4v) is 2.38. The molecule has 21 heavy (non-hydrogen) atoms. The smallest absolute Gasteiger partial charge is 0.234 e. The predicted octanol–water partition coefficient (Wildman–Crippen LogP) is 3.96. The number of hydrogen-bond donors (Lipinski definition) is 1. The molecule has 0 aliphatic heterocycles. The molecule has 0 aliphatic rings. The summed E-state index contributed by atoms with van der Waals surface area (Å²) in [5.74, 6) is 0.667. The Hall–Kier alpha value is -2.01. The van der Waals surface area contributed by atoms with Gasteiger partial charge in [0.25, 0.3) is 0 Å². The third-order valence-electron chi connectivity index (χ3n) is 2.63. The van der Waals surface area contributed by atoms with Crippen molar-refractivity contribution < 1.29 is 13.9 Å². The van der Waals surface area contributed by atoms with E-state index in [0.29, 0.717) is 18.0 Å². The summed E-state index contributed by atoms with van der Waals surface area (Å²) in [4.78, 5) is 12.8. The fraction of sp³-hybridized carbons (Fsp3) is 0.188. The van der Waals surface area contributed by atoms with Crippen molar-refractivity contribution in [3.8, 4) is 5.75 Å².